The highest BCUT2D eigenvalue weighted by Gasteiger charge is 2.32. The van der Waals surface area contributed by atoms with Gasteiger partial charge >= 0.3 is 4.87 Å². The summed E-state index contributed by atoms with van der Waals surface area (Å²) in [5, 5.41) is 2.81. The zero-order valence-corrected chi connectivity index (χ0v) is 19.7. The molecule has 170 valence electrons. The van der Waals surface area contributed by atoms with Gasteiger partial charge in [0.25, 0.3) is 0 Å². The van der Waals surface area contributed by atoms with Crippen molar-refractivity contribution in [2.24, 2.45) is 5.92 Å². The summed E-state index contributed by atoms with van der Waals surface area (Å²) in [6.45, 7) is 5.07. The number of carbonyl (C=O) groups excluding carboxylic acids is 1. The zero-order chi connectivity index (χ0) is 22.9. The molecule has 32 heavy (non-hydrogen) atoms. The molecule has 0 spiro atoms. The van der Waals surface area contributed by atoms with Crippen LogP contribution in [0.1, 0.15) is 31.7 Å². The highest BCUT2D eigenvalue weighted by atomic mass is 32.2. The van der Waals surface area contributed by atoms with Crippen molar-refractivity contribution in [3.8, 4) is 0 Å². The van der Waals surface area contributed by atoms with Crippen molar-refractivity contribution in [2.45, 2.75) is 44.6 Å². The number of amides is 1. The first-order valence-electron chi connectivity index (χ1n) is 10.7. The van der Waals surface area contributed by atoms with Gasteiger partial charge in [0, 0.05) is 31.7 Å². The number of carbonyl (C=O) groups is 1. The highest BCUT2D eigenvalue weighted by molar-refractivity contribution is 7.89. The first-order chi connectivity index (χ1) is 15.3. The Balaban J connectivity index is 1.45. The Labute approximate surface area is 190 Å². The van der Waals surface area contributed by atoms with Crippen molar-refractivity contribution in [3.05, 3.63) is 51.8 Å². The summed E-state index contributed by atoms with van der Waals surface area (Å²) < 4.78 is 30.1. The normalized spacial score (nSPS) is 15.8. The average molecular weight is 475 g/mol. The fourth-order valence-corrected chi connectivity index (χ4v) is 6.45. The summed E-state index contributed by atoms with van der Waals surface area (Å²) in [5.41, 5.74) is 1.77. The quantitative estimate of drug-likeness (QED) is 0.591. The van der Waals surface area contributed by atoms with Gasteiger partial charge in [0.15, 0.2) is 0 Å². The minimum atomic E-state index is -3.70. The van der Waals surface area contributed by atoms with E-state index in [1.165, 1.54) is 4.31 Å². The fraction of sp³-hybridized carbons (Fsp3) is 0.409. The van der Waals surface area contributed by atoms with Crippen LogP contribution in [0, 0.1) is 12.8 Å². The summed E-state index contributed by atoms with van der Waals surface area (Å²) in [7, 11) is -3.70. The summed E-state index contributed by atoms with van der Waals surface area (Å²) in [5.74, 6) is 0.0974. The van der Waals surface area contributed by atoms with E-state index in [4.69, 9.17) is 0 Å². The van der Waals surface area contributed by atoms with E-state index in [0.29, 0.717) is 29.9 Å². The summed E-state index contributed by atoms with van der Waals surface area (Å²) in [6, 6.07) is 8.50. The van der Waals surface area contributed by atoms with Crippen molar-refractivity contribution in [1.82, 2.24) is 13.9 Å². The van der Waals surface area contributed by atoms with E-state index >= 15 is 0 Å². The maximum Gasteiger partial charge on any atom is 0.308 e. The molecule has 1 aliphatic rings. The van der Waals surface area contributed by atoms with Gasteiger partial charge in [0.2, 0.25) is 15.9 Å². The number of nitrogens with zero attached hydrogens (tertiary/aromatic N) is 3. The van der Waals surface area contributed by atoms with Gasteiger partial charge in [-0.3, -0.25) is 14.2 Å². The monoisotopic (exact) mass is 474 g/mol. The molecular formula is C22H26N4O4S2. The van der Waals surface area contributed by atoms with Crippen LogP contribution in [0.4, 0.5) is 5.82 Å². The van der Waals surface area contributed by atoms with E-state index in [1.807, 2.05) is 19.9 Å². The molecule has 8 nitrogen and oxygen atoms in total. The Morgan fingerprint density at radius 3 is 2.62 bits per heavy atom. The molecule has 0 saturated carbocycles. The van der Waals surface area contributed by atoms with Crippen LogP contribution in [0.25, 0.3) is 10.2 Å². The van der Waals surface area contributed by atoms with Crippen LogP contribution in [-0.2, 0) is 21.4 Å². The molecule has 1 fully saturated rings. The highest BCUT2D eigenvalue weighted by Crippen LogP contribution is 2.28. The smallest absolute Gasteiger partial charge is 0.308 e. The first-order valence-corrected chi connectivity index (χ1v) is 12.9. The topological polar surface area (TPSA) is 101 Å². The molecule has 1 aliphatic heterocycles. The Bertz CT molecular complexity index is 1290. The second-order valence-corrected chi connectivity index (χ2v) is 11.0. The van der Waals surface area contributed by atoms with E-state index in [9.17, 15) is 18.0 Å². The van der Waals surface area contributed by atoms with Gasteiger partial charge in [-0.25, -0.2) is 13.4 Å². The van der Waals surface area contributed by atoms with Crippen LogP contribution in [-0.4, -0.2) is 41.3 Å². The largest absolute Gasteiger partial charge is 0.310 e. The number of hydrogen-bond acceptors (Lipinski definition) is 6. The van der Waals surface area contributed by atoms with Crippen LogP contribution in [0.5, 0.6) is 0 Å². The number of benzene rings is 1. The number of thiazole rings is 1. The lowest BCUT2D eigenvalue weighted by Crippen LogP contribution is -2.41. The number of rotatable bonds is 6. The predicted octanol–water partition coefficient (Wildman–Crippen LogP) is 3.22. The SMILES string of the molecule is CCCn1c(=O)sc2cc(S(=O)(=O)N3CCC(C(=O)Nc4ccc(C)cn4)CC3)ccc21. The number of pyridine rings is 1. The van der Waals surface area contributed by atoms with Crippen LogP contribution in [0.15, 0.2) is 46.2 Å². The van der Waals surface area contributed by atoms with Gasteiger partial charge in [0.05, 0.1) is 15.1 Å². The van der Waals surface area contributed by atoms with Crippen molar-refractivity contribution in [2.75, 3.05) is 18.4 Å². The van der Waals surface area contributed by atoms with Crippen molar-refractivity contribution >= 4 is 43.3 Å². The number of anilines is 1. The minimum Gasteiger partial charge on any atom is -0.310 e. The first kappa shape index (κ1) is 22.6. The van der Waals surface area contributed by atoms with Crippen LogP contribution < -0.4 is 10.2 Å². The third kappa shape index (κ3) is 4.48. The molecule has 0 radical (unpaired) electrons. The second kappa shape index (κ2) is 9.13. The van der Waals surface area contributed by atoms with E-state index in [0.717, 1.165) is 28.8 Å². The molecule has 1 aromatic carbocycles. The fourth-order valence-electron chi connectivity index (χ4n) is 3.92. The van der Waals surface area contributed by atoms with E-state index in [1.54, 1.807) is 35.0 Å². The maximum atomic E-state index is 13.2. The maximum absolute atomic E-state index is 13.2. The molecule has 0 unspecified atom stereocenters. The van der Waals surface area contributed by atoms with Gasteiger partial charge < -0.3 is 5.32 Å². The van der Waals surface area contributed by atoms with E-state index in [2.05, 4.69) is 10.3 Å². The van der Waals surface area contributed by atoms with Crippen molar-refractivity contribution in [1.29, 1.82) is 0 Å². The standard InChI is InChI=1S/C22H26N4O4S2/c1-3-10-26-18-6-5-17(13-19(18)31-22(26)28)32(29,30)25-11-8-16(9-12-25)21(27)24-20-7-4-15(2)14-23-20/h4-7,13-14,16H,3,8-12H2,1-2H3,(H,23,24,27). The molecule has 1 N–H and O–H groups in total. The van der Waals surface area contributed by atoms with Gasteiger partial charge in [-0.1, -0.05) is 24.3 Å². The van der Waals surface area contributed by atoms with Crippen LogP contribution in [0.2, 0.25) is 0 Å². The molecule has 0 bridgehead atoms. The lowest BCUT2D eigenvalue weighted by atomic mass is 9.97. The lowest BCUT2D eigenvalue weighted by Gasteiger charge is -2.30. The van der Waals surface area contributed by atoms with E-state index < -0.39 is 10.0 Å². The van der Waals surface area contributed by atoms with Gasteiger partial charge in [0.1, 0.15) is 5.82 Å². The Hall–Kier alpha value is -2.56. The van der Waals surface area contributed by atoms with Gasteiger partial charge in [-0.05, 0) is 56.0 Å². The molecule has 4 rings (SSSR count). The number of sulfonamides is 1. The molecule has 10 heteroatoms. The Kier molecular flexibility index (Phi) is 6.45. The number of piperidine rings is 1. The zero-order valence-electron chi connectivity index (χ0n) is 18.1. The number of fused-ring (bicyclic) bond motifs is 1. The number of aryl methyl sites for hydroxylation is 2. The predicted molar refractivity (Wildman–Crippen MR) is 125 cm³/mol. The molecular weight excluding hydrogens is 448 g/mol. The molecule has 0 atom stereocenters. The number of nitrogens with one attached hydrogen (secondary N) is 1. The Morgan fingerprint density at radius 1 is 1.22 bits per heavy atom. The molecule has 3 heterocycles. The van der Waals surface area contributed by atoms with Gasteiger partial charge in [-0.2, -0.15) is 4.31 Å². The molecule has 1 saturated heterocycles. The molecule has 2 aromatic heterocycles. The number of aromatic nitrogens is 2. The van der Waals surface area contributed by atoms with Gasteiger partial charge in [-0.15, -0.1) is 0 Å². The van der Waals surface area contributed by atoms with Crippen molar-refractivity contribution < 1.29 is 13.2 Å². The summed E-state index contributed by atoms with van der Waals surface area (Å²) >= 11 is 1.07. The third-order valence-electron chi connectivity index (χ3n) is 5.71. The third-order valence-corrected chi connectivity index (χ3v) is 8.55. The van der Waals surface area contributed by atoms with Crippen LogP contribution in [0.3, 0.4) is 0 Å². The lowest BCUT2D eigenvalue weighted by molar-refractivity contribution is -0.120. The van der Waals surface area contributed by atoms with Crippen molar-refractivity contribution in [3.63, 3.8) is 0 Å². The average Bonchev–Trinajstić information content (AvgIpc) is 3.10. The number of hydrogen-bond donors (Lipinski definition) is 1. The molecule has 0 aliphatic carbocycles. The van der Waals surface area contributed by atoms with E-state index in [-0.39, 0.29) is 34.7 Å². The van der Waals surface area contributed by atoms with Crippen LogP contribution >= 0.6 is 11.3 Å². The Morgan fingerprint density at radius 2 is 1.97 bits per heavy atom. The summed E-state index contributed by atoms with van der Waals surface area (Å²) in [4.78, 5) is 29.1. The molecule has 3 aromatic rings. The minimum absolute atomic E-state index is 0.0775. The molecule has 1 amide bonds. The summed E-state index contributed by atoms with van der Waals surface area (Å²) in [6.07, 6.45) is 3.40. The second-order valence-electron chi connectivity index (χ2n) is 8.04.